The van der Waals surface area contributed by atoms with Gasteiger partial charge < -0.3 is 10.4 Å². The number of anilines is 1. The molecule has 1 aromatic rings. The summed E-state index contributed by atoms with van der Waals surface area (Å²) in [5.41, 5.74) is -1.15. The van der Waals surface area contributed by atoms with Gasteiger partial charge in [-0.2, -0.15) is 0 Å². The van der Waals surface area contributed by atoms with Crippen LogP contribution in [0.15, 0.2) is 16.6 Å². The van der Waals surface area contributed by atoms with E-state index in [0.717, 1.165) is 13.0 Å². The van der Waals surface area contributed by atoms with Gasteiger partial charge in [-0.1, -0.05) is 15.9 Å². The van der Waals surface area contributed by atoms with Crippen molar-refractivity contribution >= 4 is 39.2 Å². The van der Waals surface area contributed by atoms with Gasteiger partial charge in [0.25, 0.3) is 5.69 Å². The molecule has 0 radical (unpaired) electrons. The van der Waals surface area contributed by atoms with Crippen molar-refractivity contribution in [2.45, 2.75) is 6.92 Å². The fourth-order valence-electron chi connectivity index (χ4n) is 1.21. The van der Waals surface area contributed by atoms with Crippen LogP contribution in [0.25, 0.3) is 0 Å². The van der Waals surface area contributed by atoms with Gasteiger partial charge in [0.15, 0.2) is 0 Å². The third-order valence-electron chi connectivity index (χ3n) is 1.81. The average Bonchev–Trinajstić information content (AvgIpc) is 2.18. The van der Waals surface area contributed by atoms with Gasteiger partial charge in [0.2, 0.25) is 5.91 Å². The first-order valence-electron chi connectivity index (χ1n) is 4.31. The van der Waals surface area contributed by atoms with E-state index >= 15 is 0 Å². The minimum Gasteiger partial charge on any atom is -0.478 e. The van der Waals surface area contributed by atoms with Gasteiger partial charge in [0, 0.05) is 17.5 Å². The first kappa shape index (κ1) is 13.1. The Morgan fingerprint density at radius 2 is 2.06 bits per heavy atom. The third kappa shape index (κ3) is 3.00. The maximum Gasteiger partial charge on any atom is 0.338 e. The van der Waals surface area contributed by atoms with Crippen molar-refractivity contribution in [3.05, 3.63) is 32.3 Å². The molecular formula is C9H7BrN2O5. The molecule has 1 rings (SSSR count). The monoisotopic (exact) mass is 302 g/mol. The van der Waals surface area contributed by atoms with Crippen LogP contribution in [0.5, 0.6) is 0 Å². The zero-order chi connectivity index (χ0) is 13.2. The summed E-state index contributed by atoms with van der Waals surface area (Å²) < 4.78 is 0.246. The molecule has 0 aromatic heterocycles. The summed E-state index contributed by atoms with van der Waals surface area (Å²) in [5, 5.41) is 21.8. The molecule has 1 amide bonds. The van der Waals surface area contributed by atoms with Gasteiger partial charge >= 0.3 is 5.97 Å². The Bertz CT molecular complexity index is 479. The van der Waals surface area contributed by atoms with Crippen LogP contribution in [0.4, 0.5) is 11.4 Å². The highest BCUT2D eigenvalue weighted by Crippen LogP contribution is 2.32. The Labute approximate surface area is 104 Å². The van der Waals surface area contributed by atoms with Crippen molar-refractivity contribution in [3.63, 3.8) is 0 Å². The van der Waals surface area contributed by atoms with E-state index < -0.39 is 22.5 Å². The van der Waals surface area contributed by atoms with Crippen molar-refractivity contribution in [1.29, 1.82) is 0 Å². The molecular weight excluding hydrogens is 296 g/mol. The Kier molecular flexibility index (Phi) is 3.79. The lowest BCUT2D eigenvalue weighted by Gasteiger charge is -2.07. The number of amides is 1. The van der Waals surface area contributed by atoms with Crippen molar-refractivity contribution < 1.29 is 19.6 Å². The average molecular weight is 303 g/mol. The highest BCUT2D eigenvalue weighted by Gasteiger charge is 2.23. The largest absolute Gasteiger partial charge is 0.478 e. The molecule has 0 saturated heterocycles. The molecule has 0 bridgehead atoms. The molecule has 0 heterocycles. The summed E-state index contributed by atoms with van der Waals surface area (Å²) in [4.78, 5) is 31.9. The number of nitro benzene ring substituents is 1. The number of nitro groups is 1. The second-order valence-corrected chi connectivity index (χ2v) is 4.01. The number of nitrogens with one attached hydrogen (secondary N) is 1. The molecule has 17 heavy (non-hydrogen) atoms. The summed E-state index contributed by atoms with van der Waals surface area (Å²) in [6.45, 7) is 1.14. The molecule has 0 aliphatic carbocycles. The van der Waals surface area contributed by atoms with Crippen LogP contribution in [-0.4, -0.2) is 21.9 Å². The number of benzene rings is 1. The SMILES string of the molecule is CC(=O)Nc1c(C(=O)O)cc(Br)cc1[N+](=O)[O-]. The van der Waals surface area contributed by atoms with E-state index in [0.29, 0.717) is 0 Å². The Morgan fingerprint density at radius 1 is 1.47 bits per heavy atom. The molecule has 0 unspecified atom stereocenters. The third-order valence-corrected chi connectivity index (χ3v) is 2.27. The van der Waals surface area contributed by atoms with Crippen molar-refractivity contribution in [1.82, 2.24) is 0 Å². The fourth-order valence-corrected chi connectivity index (χ4v) is 1.66. The second-order valence-electron chi connectivity index (χ2n) is 3.09. The van der Waals surface area contributed by atoms with E-state index in [2.05, 4.69) is 21.2 Å². The van der Waals surface area contributed by atoms with Gasteiger partial charge in [-0.25, -0.2) is 4.79 Å². The molecule has 0 spiro atoms. The van der Waals surface area contributed by atoms with Crippen LogP contribution < -0.4 is 5.32 Å². The molecule has 0 aliphatic heterocycles. The molecule has 1 aromatic carbocycles. The normalized spacial score (nSPS) is 9.76. The van der Waals surface area contributed by atoms with Crippen molar-refractivity contribution in [2.75, 3.05) is 5.32 Å². The number of carboxylic acid groups (broad SMARTS) is 1. The Balaban J connectivity index is 3.52. The molecule has 7 nitrogen and oxygen atoms in total. The van der Waals surface area contributed by atoms with Gasteiger partial charge in [-0.15, -0.1) is 0 Å². The van der Waals surface area contributed by atoms with Crippen LogP contribution in [-0.2, 0) is 4.79 Å². The van der Waals surface area contributed by atoms with E-state index in [1.54, 1.807) is 0 Å². The summed E-state index contributed by atoms with van der Waals surface area (Å²) >= 11 is 2.97. The van der Waals surface area contributed by atoms with Crippen molar-refractivity contribution in [2.24, 2.45) is 0 Å². The van der Waals surface area contributed by atoms with E-state index in [-0.39, 0.29) is 15.7 Å². The first-order valence-corrected chi connectivity index (χ1v) is 5.11. The highest BCUT2D eigenvalue weighted by molar-refractivity contribution is 9.10. The van der Waals surface area contributed by atoms with Crippen LogP contribution in [0, 0.1) is 10.1 Å². The minimum atomic E-state index is -1.36. The number of aromatic carboxylic acids is 1. The molecule has 90 valence electrons. The van der Waals surface area contributed by atoms with Crippen LogP contribution in [0.3, 0.4) is 0 Å². The summed E-state index contributed by atoms with van der Waals surface area (Å²) in [7, 11) is 0. The predicted molar refractivity (Wildman–Crippen MR) is 62.1 cm³/mol. The van der Waals surface area contributed by atoms with Crippen LogP contribution in [0.2, 0.25) is 0 Å². The van der Waals surface area contributed by atoms with Crippen LogP contribution >= 0.6 is 15.9 Å². The lowest BCUT2D eigenvalue weighted by Crippen LogP contribution is -2.13. The number of hydrogen-bond donors (Lipinski definition) is 2. The zero-order valence-corrected chi connectivity index (χ0v) is 10.1. The quantitative estimate of drug-likeness (QED) is 0.655. The number of carboxylic acids is 1. The lowest BCUT2D eigenvalue weighted by atomic mass is 10.1. The lowest BCUT2D eigenvalue weighted by molar-refractivity contribution is -0.384. The summed E-state index contributed by atoms with van der Waals surface area (Å²) in [6, 6.07) is 2.30. The molecule has 0 aliphatic rings. The fraction of sp³-hybridized carbons (Fsp3) is 0.111. The standard InChI is InChI=1S/C9H7BrN2O5/c1-4(13)11-8-6(9(14)15)2-5(10)3-7(8)12(16)17/h2-3H,1H3,(H,11,13)(H,14,15). The van der Waals surface area contributed by atoms with Crippen molar-refractivity contribution in [3.8, 4) is 0 Å². The zero-order valence-electron chi connectivity index (χ0n) is 8.56. The van der Waals surface area contributed by atoms with E-state index in [9.17, 15) is 19.7 Å². The first-order chi connectivity index (χ1) is 7.82. The summed E-state index contributed by atoms with van der Waals surface area (Å²) in [5.74, 6) is -1.95. The van der Waals surface area contributed by atoms with Crippen LogP contribution in [0.1, 0.15) is 17.3 Å². The van der Waals surface area contributed by atoms with Gasteiger partial charge in [-0.3, -0.25) is 14.9 Å². The maximum absolute atomic E-state index is 10.9. The second kappa shape index (κ2) is 4.91. The Morgan fingerprint density at radius 3 is 2.47 bits per heavy atom. The van der Waals surface area contributed by atoms with Gasteiger partial charge in [-0.05, 0) is 6.07 Å². The predicted octanol–water partition coefficient (Wildman–Crippen LogP) is 2.01. The molecule has 0 saturated carbocycles. The molecule has 0 fully saturated rings. The topological polar surface area (TPSA) is 110 Å². The number of nitrogens with zero attached hydrogens (tertiary/aromatic N) is 1. The minimum absolute atomic E-state index is 0.246. The number of carbonyl (C=O) groups excluding carboxylic acids is 1. The van der Waals surface area contributed by atoms with E-state index in [1.165, 1.54) is 6.07 Å². The molecule has 8 heteroatoms. The van der Waals surface area contributed by atoms with Gasteiger partial charge in [0.05, 0.1) is 10.5 Å². The highest BCUT2D eigenvalue weighted by atomic mass is 79.9. The number of rotatable bonds is 3. The number of halogens is 1. The van der Waals surface area contributed by atoms with E-state index in [1.807, 2.05) is 0 Å². The van der Waals surface area contributed by atoms with E-state index in [4.69, 9.17) is 5.11 Å². The molecule has 2 N–H and O–H groups in total. The smallest absolute Gasteiger partial charge is 0.338 e. The number of carbonyl (C=O) groups is 2. The van der Waals surface area contributed by atoms with Gasteiger partial charge in [0.1, 0.15) is 5.69 Å². The molecule has 0 atom stereocenters. The number of hydrogen-bond acceptors (Lipinski definition) is 4. The maximum atomic E-state index is 10.9. The summed E-state index contributed by atoms with van der Waals surface area (Å²) in [6.07, 6.45) is 0. The Hall–Kier alpha value is -1.96.